The van der Waals surface area contributed by atoms with Gasteiger partial charge in [0.1, 0.15) is 0 Å². The number of hydrogen-bond donors (Lipinski definition) is 0. The third kappa shape index (κ3) is 5.11. The highest BCUT2D eigenvalue weighted by atomic mass is 35.5. The fourth-order valence-corrected chi connectivity index (χ4v) is 6.24. The lowest BCUT2D eigenvalue weighted by molar-refractivity contribution is 0.0537. The summed E-state index contributed by atoms with van der Waals surface area (Å²) in [6.07, 6.45) is 4.60. The van der Waals surface area contributed by atoms with Crippen molar-refractivity contribution in [2.24, 2.45) is 5.92 Å². The summed E-state index contributed by atoms with van der Waals surface area (Å²) in [5.41, 5.74) is 2.87. The molecule has 2 fully saturated rings. The van der Waals surface area contributed by atoms with Crippen molar-refractivity contribution in [3.05, 3.63) is 64.2 Å². The lowest BCUT2D eigenvalue weighted by Gasteiger charge is -2.42. The van der Waals surface area contributed by atoms with Crippen LogP contribution in [0.15, 0.2) is 42.5 Å². The van der Waals surface area contributed by atoms with Gasteiger partial charge in [-0.1, -0.05) is 29.8 Å². The molecule has 3 heterocycles. The van der Waals surface area contributed by atoms with Gasteiger partial charge in [0.05, 0.1) is 17.1 Å². The second-order valence-corrected chi connectivity index (χ2v) is 10.9. The summed E-state index contributed by atoms with van der Waals surface area (Å²) in [7, 11) is 4.32. The first-order chi connectivity index (χ1) is 16.9. The van der Waals surface area contributed by atoms with Crippen LogP contribution in [-0.4, -0.2) is 79.4 Å². The Bertz CT molecular complexity index is 1090. The van der Waals surface area contributed by atoms with Crippen molar-refractivity contribution in [3.8, 4) is 0 Å². The standard InChI is InChI=1S/C28H35ClN4O2/c1-30(2)18-20-9-13-31(14-10-20)23-11-15-32(16-12-23)27(34)21-5-3-7-24(17-21)33-19-22-6-4-8-25(29)26(22)28(33)35/h3-8,17,20,23H,9-16,18-19H2,1-2H3. The Hall–Kier alpha value is -2.41. The Morgan fingerprint density at radius 2 is 1.71 bits per heavy atom. The maximum absolute atomic E-state index is 13.3. The zero-order valence-corrected chi connectivity index (χ0v) is 21.5. The highest BCUT2D eigenvalue weighted by Gasteiger charge is 2.32. The maximum Gasteiger partial charge on any atom is 0.260 e. The number of halogens is 1. The zero-order valence-electron chi connectivity index (χ0n) is 20.8. The number of fused-ring (bicyclic) bond motifs is 1. The number of rotatable bonds is 5. The van der Waals surface area contributed by atoms with Crippen molar-refractivity contribution in [2.45, 2.75) is 38.3 Å². The molecule has 2 aromatic rings. The quantitative estimate of drug-likeness (QED) is 0.619. The molecule has 7 heteroatoms. The van der Waals surface area contributed by atoms with Gasteiger partial charge in [-0.25, -0.2) is 0 Å². The van der Waals surface area contributed by atoms with Crippen LogP contribution in [0.4, 0.5) is 5.69 Å². The molecular weight excluding hydrogens is 460 g/mol. The second-order valence-electron chi connectivity index (χ2n) is 10.5. The van der Waals surface area contributed by atoms with Crippen molar-refractivity contribution in [2.75, 3.05) is 51.7 Å². The third-order valence-electron chi connectivity index (χ3n) is 7.83. The van der Waals surface area contributed by atoms with E-state index in [0.29, 0.717) is 28.7 Å². The first-order valence-corrected chi connectivity index (χ1v) is 13.2. The molecule has 0 aliphatic carbocycles. The van der Waals surface area contributed by atoms with Crippen LogP contribution < -0.4 is 4.90 Å². The van der Waals surface area contributed by atoms with Gasteiger partial charge in [-0.15, -0.1) is 0 Å². The van der Waals surface area contributed by atoms with Gasteiger partial charge in [0.25, 0.3) is 11.8 Å². The molecule has 3 aliphatic rings. The fourth-order valence-electron chi connectivity index (χ4n) is 5.97. The van der Waals surface area contributed by atoms with E-state index in [2.05, 4.69) is 23.9 Å². The molecule has 0 atom stereocenters. The van der Waals surface area contributed by atoms with Crippen LogP contribution in [0.3, 0.4) is 0 Å². The van der Waals surface area contributed by atoms with Crippen molar-refractivity contribution >= 4 is 29.1 Å². The van der Waals surface area contributed by atoms with E-state index in [1.165, 1.54) is 32.5 Å². The number of amides is 2. The zero-order chi connectivity index (χ0) is 24.5. The summed E-state index contributed by atoms with van der Waals surface area (Å²) in [5, 5.41) is 0.479. The molecule has 2 saturated heterocycles. The predicted molar refractivity (Wildman–Crippen MR) is 140 cm³/mol. The largest absolute Gasteiger partial charge is 0.339 e. The molecule has 6 nitrogen and oxygen atoms in total. The summed E-state index contributed by atoms with van der Waals surface area (Å²) >= 11 is 6.28. The van der Waals surface area contributed by atoms with E-state index in [1.54, 1.807) is 11.0 Å². The fraction of sp³-hybridized carbons (Fsp3) is 0.500. The Balaban J connectivity index is 1.19. The molecule has 3 aliphatic heterocycles. The first-order valence-electron chi connectivity index (χ1n) is 12.8. The summed E-state index contributed by atoms with van der Waals surface area (Å²) in [5.74, 6) is 0.754. The normalized spacial score (nSPS) is 20.1. The summed E-state index contributed by atoms with van der Waals surface area (Å²) in [4.78, 5) is 35.0. The van der Waals surface area contributed by atoms with E-state index in [4.69, 9.17) is 11.6 Å². The maximum atomic E-state index is 13.3. The van der Waals surface area contributed by atoms with Crippen LogP contribution in [0.2, 0.25) is 5.02 Å². The smallest absolute Gasteiger partial charge is 0.260 e. The van der Waals surface area contributed by atoms with E-state index in [-0.39, 0.29) is 11.8 Å². The molecule has 186 valence electrons. The number of anilines is 1. The first kappa shape index (κ1) is 24.3. The minimum Gasteiger partial charge on any atom is -0.339 e. The Morgan fingerprint density at radius 1 is 1.00 bits per heavy atom. The number of hydrogen-bond acceptors (Lipinski definition) is 4. The van der Waals surface area contributed by atoms with Gasteiger partial charge in [0.2, 0.25) is 0 Å². The van der Waals surface area contributed by atoms with Gasteiger partial charge in [0, 0.05) is 36.9 Å². The summed E-state index contributed by atoms with van der Waals surface area (Å²) < 4.78 is 0. The average Bonchev–Trinajstić information content (AvgIpc) is 3.21. The topological polar surface area (TPSA) is 47.1 Å². The van der Waals surface area contributed by atoms with Crippen molar-refractivity contribution in [1.82, 2.24) is 14.7 Å². The molecule has 0 unspecified atom stereocenters. The molecule has 0 saturated carbocycles. The lowest BCUT2D eigenvalue weighted by atomic mass is 9.93. The van der Waals surface area contributed by atoms with Crippen LogP contribution in [0.1, 0.15) is 52.0 Å². The van der Waals surface area contributed by atoms with Crippen LogP contribution in [-0.2, 0) is 6.54 Å². The predicted octanol–water partition coefficient (Wildman–Crippen LogP) is 4.38. The van der Waals surface area contributed by atoms with Crippen LogP contribution in [0.5, 0.6) is 0 Å². The number of piperidine rings is 2. The van der Waals surface area contributed by atoms with E-state index >= 15 is 0 Å². The van der Waals surface area contributed by atoms with Gasteiger partial charge >= 0.3 is 0 Å². The molecule has 0 spiro atoms. The SMILES string of the molecule is CN(C)CC1CCN(C2CCN(C(=O)c3cccc(N4Cc5cccc(Cl)c5C4=O)c3)CC2)CC1. The molecule has 0 radical (unpaired) electrons. The number of carbonyl (C=O) groups excluding carboxylic acids is 2. The summed E-state index contributed by atoms with van der Waals surface area (Å²) in [6.45, 7) is 5.58. The van der Waals surface area contributed by atoms with Crippen LogP contribution in [0, 0.1) is 5.92 Å². The highest BCUT2D eigenvalue weighted by Crippen LogP contribution is 2.33. The Labute approximate surface area is 213 Å². The van der Waals surface area contributed by atoms with Gasteiger partial charge in [-0.05, 0) is 88.6 Å². The minimum atomic E-state index is -0.106. The molecule has 0 bridgehead atoms. The molecule has 35 heavy (non-hydrogen) atoms. The monoisotopic (exact) mass is 494 g/mol. The Kier molecular flexibility index (Phi) is 7.14. The number of benzene rings is 2. The number of carbonyl (C=O) groups is 2. The van der Waals surface area contributed by atoms with Gasteiger partial charge in [-0.2, -0.15) is 0 Å². The van der Waals surface area contributed by atoms with Crippen LogP contribution >= 0.6 is 11.6 Å². The molecule has 2 amide bonds. The summed E-state index contributed by atoms with van der Waals surface area (Å²) in [6, 6.07) is 13.6. The van der Waals surface area contributed by atoms with E-state index in [9.17, 15) is 9.59 Å². The second kappa shape index (κ2) is 10.3. The van der Waals surface area contributed by atoms with Gasteiger partial charge in [-0.3, -0.25) is 9.59 Å². The van der Waals surface area contributed by atoms with Gasteiger partial charge < -0.3 is 19.6 Å². The van der Waals surface area contributed by atoms with Crippen molar-refractivity contribution in [3.63, 3.8) is 0 Å². The lowest BCUT2D eigenvalue weighted by Crippen LogP contribution is -2.49. The Morgan fingerprint density at radius 3 is 2.40 bits per heavy atom. The number of nitrogens with zero attached hydrogens (tertiary/aromatic N) is 4. The minimum absolute atomic E-state index is 0.0529. The highest BCUT2D eigenvalue weighted by molar-refractivity contribution is 6.35. The molecule has 0 aromatic heterocycles. The molecular formula is C28H35ClN4O2. The molecule has 2 aromatic carbocycles. The average molecular weight is 495 g/mol. The number of likely N-dealkylation sites (tertiary alicyclic amines) is 2. The third-order valence-corrected chi connectivity index (χ3v) is 8.15. The van der Waals surface area contributed by atoms with E-state index < -0.39 is 0 Å². The molecule has 5 rings (SSSR count). The van der Waals surface area contributed by atoms with E-state index in [1.807, 2.05) is 41.3 Å². The van der Waals surface area contributed by atoms with Crippen LogP contribution in [0.25, 0.3) is 0 Å². The van der Waals surface area contributed by atoms with Crippen molar-refractivity contribution in [1.29, 1.82) is 0 Å². The van der Waals surface area contributed by atoms with E-state index in [0.717, 1.165) is 43.1 Å². The van der Waals surface area contributed by atoms with Gasteiger partial charge in [0.15, 0.2) is 0 Å². The molecule has 0 N–H and O–H groups in total. The van der Waals surface area contributed by atoms with Crippen molar-refractivity contribution < 1.29 is 9.59 Å².